The van der Waals surface area contributed by atoms with Crippen LogP contribution in [0.15, 0.2) is 18.2 Å². The van der Waals surface area contributed by atoms with E-state index >= 15 is 0 Å². The molecule has 3 heteroatoms. The second-order valence-electron chi connectivity index (χ2n) is 1.49. The lowest BCUT2D eigenvalue weighted by Gasteiger charge is -1.91. The average Bonchev–Trinajstić information content (AvgIpc) is 1.82. The summed E-state index contributed by atoms with van der Waals surface area (Å²) in [4.78, 5) is 0. The highest BCUT2D eigenvalue weighted by molar-refractivity contribution is 6.38. The summed E-state index contributed by atoms with van der Waals surface area (Å²) in [5.41, 5.74) is 0. The van der Waals surface area contributed by atoms with Crippen LogP contribution in [0.4, 0.5) is 0 Å². The van der Waals surface area contributed by atoms with Crippen molar-refractivity contribution in [2.24, 2.45) is 0 Å². The summed E-state index contributed by atoms with van der Waals surface area (Å²) in [5.74, 6) is 0. The molecule has 0 atom stereocenters. The van der Waals surface area contributed by atoms with Crippen LogP contribution in [-0.4, -0.2) is 0 Å². The second kappa shape index (κ2) is 2.78. The lowest BCUT2D eigenvalue weighted by Crippen LogP contribution is -1.65. The van der Waals surface area contributed by atoms with E-state index in [0.717, 1.165) is 0 Å². The van der Waals surface area contributed by atoms with Crippen LogP contribution in [0.25, 0.3) is 0 Å². The number of rotatable bonds is 0. The number of hydrogen-bond donors (Lipinski definition) is 0. The van der Waals surface area contributed by atoms with E-state index in [-0.39, 0.29) is 16.1 Å². The van der Waals surface area contributed by atoms with E-state index in [1.807, 2.05) is 0 Å². The van der Waals surface area contributed by atoms with Crippen molar-refractivity contribution in [2.75, 3.05) is 0 Å². The Labute approximate surface area is 69.7 Å². The third-order valence-corrected chi connectivity index (χ3v) is 1.39. The standard InChI is InChI=1S/C6H3Cl3/c7-4-1-5(8)3-6(9)2-4/h1-3H/i1D. The Morgan fingerprint density at radius 1 is 1.00 bits per heavy atom. The fraction of sp³-hybridized carbons (Fsp3) is 0. The predicted octanol–water partition coefficient (Wildman–Crippen LogP) is 3.65. The lowest BCUT2D eigenvalue weighted by molar-refractivity contribution is 1.70. The third-order valence-electron chi connectivity index (χ3n) is 0.768. The molecule has 1 aromatic carbocycles. The van der Waals surface area contributed by atoms with E-state index in [4.69, 9.17) is 36.2 Å². The second-order valence-corrected chi connectivity index (χ2v) is 2.75. The van der Waals surface area contributed by atoms with Crippen molar-refractivity contribution in [3.05, 3.63) is 33.2 Å². The van der Waals surface area contributed by atoms with Gasteiger partial charge in [-0.3, -0.25) is 0 Å². The van der Waals surface area contributed by atoms with Crippen LogP contribution >= 0.6 is 34.8 Å². The Bertz CT molecular complexity index is 236. The number of benzene rings is 1. The average molecular weight is 182 g/mol. The quantitative estimate of drug-likeness (QED) is 0.575. The zero-order valence-corrected chi connectivity index (χ0v) is 6.56. The van der Waals surface area contributed by atoms with Crippen molar-refractivity contribution in [2.45, 2.75) is 0 Å². The van der Waals surface area contributed by atoms with E-state index in [1.165, 1.54) is 12.1 Å². The molecule has 0 saturated heterocycles. The highest BCUT2D eigenvalue weighted by atomic mass is 35.5. The molecule has 0 heterocycles. The highest BCUT2D eigenvalue weighted by Gasteiger charge is 1.92. The predicted molar refractivity (Wildman–Crippen MR) is 41.5 cm³/mol. The SMILES string of the molecule is [2H]c1c(Cl)cc(Cl)cc1Cl. The van der Waals surface area contributed by atoms with Gasteiger partial charge in [-0.25, -0.2) is 0 Å². The largest absolute Gasteiger partial charge is 0.0842 e. The molecule has 0 aliphatic heterocycles. The number of halogens is 3. The normalized spacial score (nSPS) is 11.2. The minimum absolute atomic E-state index is 0.118. The van der Waals surface area contributed by atoms with Crippen LogP contribution in [0.3, 0.4) is 0 Å². The molecule has 0 aromatic heterocycles. The van der Waals surface area contributed by atoms with Gasteiger partial charge in [0.2, 0.25) is 0 Å². The van der Waals surface area contributed by atoms with E-state index in [1.54, 1.807) is 0 Å². The molecule has 9 heavy (non-hydrogen) atoms. The maximum Gasteiger partial charge on any atom is 0.0654 e. The van der Waals surface area contributed by atoms with Gasteiger partial charge in [0.15, 0.2) is 0 Å². The van der Waals surface area contributed by atoms with Crippen LogP contribution < -0.4 is 0 Å². The summed E-state index contributed by atoms with van der Waals surface area (Å²) < 4.78 is 7.22. The van der Waals surface area contributed by atoms with Crippen molar-refractivity contribution in [1.29, 1.82) is 0 Å². The van der Waals surface area contributed by atoms with Gasteiger partial charge in [0, 0.05) is 15.1 Å². The highest BCUT2D eigenvalue weighted by Crippen LogP contribution is 2.21. The van der Waals surface area contributed by atoms with Gasteiger partial charge < -0.3 is 0 Å². The Kier molecular flexibility index (Phi) is 1.81. The molecule has 0 nitrogen and oxygen atoms in total. The minimum Gasteiger partial charge on any atom is -0.0842 e. The van der Waals surface area contributed by atoms with Gasteiger partial charge in [0.25, 0.3) is 0 Å². The molecule has 0 radical (unpaired) electrons. The molecule has 0 spiro atoms. The molecule has 0 unspecified atom stereocenters. The first-order valence-corrected chi connectivity index (χ1v) is 3.36. The molecule has 48 valence electrons. The van der Waals surface area contributed by atoms with E-state index in [2.05, 4.69) is 0 Å². The lowest BCUT2D eigenvalue weighted by atomic mass is 10.4. The van der Waals surface area contributed by atoms with Gasteiger partial charge in [-0.2, -0.15) is 0 Å². The maximum atomic E-state index is 7.22. The zero-order chi connectivity index (χ0) is 7.72. The maximum absolute atomic E-state index is 7.22. The molecule has 0 amide bonds. The molecular formula is C6H3Cl3. The Morgan fingerprint density at radius 2 is 1.44 bits per heavy atom. The summed E-state index contributed by atoms with van der Waals surface area (Å²) in [6, 6.07) is 3.09. The first-order valence-electron chi connectivity index (χ1n) is 2.72. The number of hydrogen-bond acceptors (Lipinski definition) is 0. The smallest absolute Gasteiger partial charge is 0.0654 e. The summed E-state index contributed by atoms with van der Waals surface area (Å²) in [7, 11) is 0. The molecule has 0 aliphatic carbocycles. The molecule has 1 rings (SSSR count). The van der Waals surface area contributed by atoms with Crippen molar-refractivity contribution in [1.82, 2.24) is 0 Å². The first kappa shape index (κ1) is 5.84. The van der Waals surface area contributed by atoms with E-state index < -0.39 is 0 Å². The van der Waals surface area contributed by atoms with E-state index in [0.29, 0.717) is 5.02 Å². The Morgan fingerprint density at radius 3 is 1.89 bits per heavy atom. The van der Waals surface area contributed by atoms with Gasteiger partial charge in [-0.15, -0.1) is 0 Å². The third kappa shape index (κ3) is 2.05. The van der Waals surface area contributed by atoms with Crippen LogP contribution in [0.5, 0.6) is 0 Å². The Balaban J connectivity index is 3.31. The molecule has 0 saturated carbocycles. The van der Waals surface area contributed by atoms with Gasteiger partial charge in [-0.05, 0) is 18.2 Å². The van der Waals surface area contributed by atoms with Crippen LogP contribution in [0.1, 0.15) is 1.37 Å². The summed E-state index contributed by atoms with van der Waals surface area (Å²) in [6.07, 6.45) is 0. The topological polar surface area (TPSA) is 0 Å². The summed E-state index contributed by atoms with van der Waals surface area (Å²) in [6.45, 7) is 0. The first-order chi connectivity index (χ1) is 4.61. The molecule has 0 fully saturated rings. The van der Waals surface area contributed by atoms with Crippen LogP contribution in [0, 0.1) is 0 Å². The van der Waals surface area contributed by atoms with E-state index in [9.17, 15) is 0 Å². The molecular weight excluding hydrogens is 178 g/mol. The molecule has 0 N–H and O–H groups in total. The zero-order valence-electron chi connectivity index (χ0n) is 5.29. The Hall–Kier alpha value is 0.0900. The summed E-state index contributed by atoms with van der Waals surface area (Å²) >= 11 is 16.7. The molecule has 0 bridgehead atoms. The van der Waals surface area contributed by atoms with Crippen LogP contribution in [0.2, 0.25) is 15.1 Å². The van der Waals surface area contributed by atoms with Crippen molar-refractivity contribution >= 4 is 34.8 Å². The molecule has 0 aliphatic rings. The van der Waals surface area contributed by atoms with Gasteiger partial charge >= 0.3 is 0 Å². The van der Waals surface area contributed by atoms with Crippen molar-refractivity contribution in [3.63, 3.8) is 0 Å². The van der Waals surface area contributed by atoms with Gasteiger partial charge in [-0.1, -0.05) is 34.8 Å². The van der Waals surface area contributed by atoms with Crippen molar-refractivity contribution in [3.8, 4) is 0 Å². The summed E-state index contributed by atoms with van der Waals surface area (Å²) in [5, 5.41) is 1.00. The fourth-order valence-electron chi connectivity index (χ4n) is 0.470. The fourth-order valence-corrected chi connectivity index (χ4v) is 1.29. The van der Waals surface area contributed by atoms with Crippen LogP contribution in [-0.2, 0) is 0 Å². The van der Waals surface area contributed by atoms with Gasteiger partial charge in [0.05, 0.1) is 1.37 Å². The minimum atomic E-state index is 0.118. The van der Waals surface area contributed by atoms with Crippen molar-refractivity contribution < 1.29 is 1.37 Å². The van der Waals surface area contributed by atoms with Gasteiger partial charge in [0.1, 0.15) is 0 Å². The molecule has 1 aromatic rings. The monoisotopic (exact) mass is 181 g/mol.